The third-order valence-corrected chi connectivity index (χ3v) is 5.06. The van der Waals surface area contributed by atoms with Crippen molar-refractivity contribution in [2.75, 3.05) is 25.0 Å². The minimum Gasteiger partial charge on any atom is -0.445 e. The van der Waals surface area contributed by atoms with E-state index in [1.807, 2.05) is 30.3 Å². The first-order valence-corrected chi connectivity index (χ1v) is 9.17. The van der Waals surface area contributed by atoms with E-state index in [9.17, 15) is 4.79 Å². The molecule has 2 fully saturated rings. The molecule has 1 aromatic rings. The summed E-state index contributed by atoms with van der Waals surface area (Å²) in [6, 6.07) is 9.74. The quantitative estimate of drug-likeness (QED) is 0.749. The van der Waals surface area contributed by atoms with Gasteiger partial charge in [0.05, 0.1) is 12.7 Å². The maximum atomic E-state index is 12.1. The number of piperidine rings is 1. The molecule has 6 heteroatoms. The van der Waals surface area contributed by atoms with Gasteiger partial charge in [-0.2, -0.15) is 0 Å². The molecule has 0 radical (unpaired) electrons. The lowest BCUT2D eigenvalue weighted by molar-refractivity contribution is -0.106. The zero-order chi connectivity index (χ0) is 16.1. The summed E-state index contributed by atoms with van der Waals surface area (Å²) in [6.07, 6.45) is 1.56. The minimum absolute atomic E-state index is 0.125. The Morgan fingerprint density at radius 3 is 2.65 bits per heavy atom. The Kier molecular flexibility index (Phi) is 5.91. The molecule has 1 amide bonds. The van der Waals surface area contributed by atoms with Gasteiger partial charge in [0.1, 0.15) is 6.61 Å². The van der Waals surface area contributed by atoms with Crippen LogP contribution in [0.1, 0.15) is 18.4 Å². The monoisotopic (exact) mass is 383 g/mol. The van der Waals surface area contributed by atoms with E-state index in [-0.39, 0.29) is 18.5 Å². The summed E-state index contributed by atoms with van der Waals surface area (Å²) in [5, 5.41) is 0.800. The smallest absolute Gasteiger partial charge is 0.410 e. The first-order valence-electron chi connectivity index (χ1n) is 8.05. The van der Waals surface area contributed by atoms with E-state index in [0.29, 0.717) is 32.2 Å². The zero-order valence-corrected chi connectivity index (χ0v) is 14.6. The van der Waals surface area contributed by atoms with Gasteiger partial charge in [-0.15, -0.1) is 0 Å². The maximum Gasteiger partial charge on any atom is 0.410 e. The van der Waals surface area contributed by atoms with Crippen molar-refractivity contribution >= 4 is 22.0 Å². The SMILES string of the molecule is O=C(OCc1ccccc1)N1CCC(C2OCC(CBr)O2)CC1. The fourth-order valence-corrected chi connectivity index (χ4v) is 3.30. The van der Waals surface area contributed by atoms with E-state index in [4.69, 9.17) is 14.2 Å². The van der Waals surface area contributed by atoms with Crippen molar-refractivity contribution in [3.05, 3.63) is 35.9 Å². The number of nitrogens with zero attached hydrogens (tertiary/aromatic N) is 1. The highest BCUT2D eigenvalue weighted by atomic mass is 79.9. The normalized spacial score (nSPS) is 25.5. The lowest BCUT2D eigenvalue weighted by atomic mass is 9.96. The molecule has 1 aromatic carbocycles. The number of halogens is 1. The largest absolute Gasteiger partial charge is 0.445 e. The Bertz CT molecular complexity index is 505. The Hall–Kier alpha value is -1.11. The molecule has 0 saturated carbocycles. The lowest BCUT2D eigenvalue weighted by Crippen LogP contribution is -2.41. The fraction of sp³-hybridized carbons (Fsp3) is 0.588. The number of carbonyl (C=O) groups excluding carboxylic acids is 1. The summed E-state index contributed by atoms with van der Waals surface area (Å²) < 4.78 is 16.9. The van der Waals surface area contributed by atoms with Crippen LogP contribution < -0.4 is 0 Å². The van der Waals surface area contributed by atoms with Crippen molar-refractivity contribution in [2.24, 2.45) is 5.92 Å². The number of benzene rings is 1. The van der Waals surface area contributed by atoms with Crippen LogP contribution in [-0.2, 0) is 20.8 Å². The molecule has 126 valence electrons. The van der Waals surface area contributed by atoms with Gasteiger partial charge in [-0.1, -0.05) is 46.3 Å². The van der Waals surface area contributed by atoms with Crippen LogP contribution in [0.15, 0.2) is 30.3 Å². The molecule has 2 saturated heterocycles. The van der Waals surface area contributed by atoms with Gasteiger partial charge in [-0.05, 0) is 18.4 Å². The van der Waals surface area contributed by atoms with Crippen LogP contribution in [0.25, 0.3) is 0 Å². The van der Waals surface area contributed by atoms with Crippen LogP contribution in [0.5, 0.6) is 0 Å². The van der Waals surface area contributed by atoms with Gasteiger partial charge in [0, 0.05) is 24.3 Å². The summed E-state index contributed by atoms with van der Waals surface area (Å²) in [6.45, 7) is 2.36. The first kappa shape index (κ1) is 16.7. The predicted molar refractivity (Wildman–Crippen MR) is 89.3 cm³/mol. The average Bonchev–Trinajstić information content (AvgIpc) is 3.10. The average molecular weight is 384 g/mol. The molecule has 23 heavy (non-hydrogen) atoms. The zero-order valence-electron chi connectivity index (χ0n) is 13.0. The standard InChI is InChI=1S/C17H22BrNO4/c18-10-15-12-21-16(23-15)14-6-8-19(9-7-14)17(20)22-11-13-4-2-1-3-5-13/h1-5,14-16H,6-12H2. The molecule has 2 atom stereocenters. The Morgan fingerprint density at radius 2 is 2.00 bits per heavy atom. The summed E-state index contributed by atoms with van der Waals surface area (Å²) in [5.74, 6) is 0.359. The molecule has 2 aliphatic heterocycles. The van der Waals surface area contributed by atoms with Crippen LogP contribution in [0, 0.1) is 5.92 Å². The van der Waals surface area contributed by atoms with Gasteiger partial charge >= 0.3 is 6.09 Å². The van der Waals surface area contributed by atoms with E-state index < -0.39 is 0 Å². The molecule has 2 unspecified atom stereocenters. The van der Waals surface area contributed by atoms with Gasteiger partial charge in [0.2, 0.25) is 0 Å². The van der Waals surface area contributed by atoms with Crippen molar-refractivity contribution in [1.29, 1.82) is 0 Å². The van der Waals surface area contributed by atoms with E-state index in [1.165, 1.54) is 0 Å². The predicted octanol–water partition coefficient (Wildman–Crippen LogP) is 3.17. The van der Waals surface area contributed by atoms with E-state index >= 15 is 0 Å². The number of hydrogen-bond donors (Lipinski definition) is 0. The van der Waals surface area contributed by atoms with Crippen LogP contribution in [0.4, 0.5) is 4.79 Å². The molecular formula is C17H22BrNO4. The highest BCUT2D eigenvalue weighted by Crippen LogP contribution is 2.28. The highest BCUT2D eigenvalue weighted by Gasteiger charge is 2.35. The van der Waals surface area contributed by atoms with Crippen molar-refractivity contribution in [3.8, 4) is 0 Å². The summed E-state index contributed by atoms with van der Waals surface area (Å²) >= 11 is 3.42. The van der Waals surface area contributed by atoms with E-state index in [0.717, 1.165) is 23.7 Å². The third kappa shape index (κ3) is 4.46. The van der Waals surface area contributed by atoms with Crippen molar-refractivity contribution in [2.45, 2.75) is 31.8 Å². The summed E-state index contributed by atoms with van der Waals surface area (Å²) in [4.78, 5) is 13.9. The fourth-order valence-electron chi connectivity index (χ4n) is 2.96. The van der Waals surface area contributed by atoms with Crippen LogP contribution >= 0.6 is 15.9 Å². The van der Waals surface area contributed by atoms with E-state index in [2.05, 4.69) is 15.9 Å². The number of carbonyl (C=O) groups is 1. The topological polar surface area (TPSA) is 48.0 Å². The van der Waals surface area contributed by atoms with Gasteiger partial charge in [-0.3, -0.25) is 0 Å². The summed E-state index contributed by atoms with van der Waals surface area (Å²) in [7, 11) is 0. The Morgan fingerprint density at radius 1 is 1.26 bits per heavy atom. The number of likely N-dealkylation sites (tertiary alicyclic amines) is 1. The first-order chi connectivity index (χ1) is 11.3. The molecule has 2 aliphatic rings. The maximum absolute atomic E-state index is 12.1. The van der Waals surface area contributed by atoms with Gasteiger partial charge in [0.15, 0.2) is 6.29 Å². The molecule has 0 bridgehead atoms. The third-order valence-electron chi connectivity index (χ3n) is 4.33. The van der Waals surface area contributed by atoms with Crippen molar-refractivity contribution in [1.82, 2.24) is 4.90 Å². The Labute approximate surface area is 145 Å². The molecular weight excluding hydrogens is 362 g/mol. The second-order valence-corrected chi connectivity index (χ2v) is 6.63. The minimum atomic E-state index is -0.237. The molecule has 2 heterocycles. The van der Waals surface area contributed by atoms with Crippen molar-refractivity contribution < 1.29 is 19.0 Å². The number of ether oxygens (including phenoxy) is 3. The molecule has 0 aliphatic carbocycles. The Balaban J connectivity index is 1.41. The van der Waals surface area contributed by atoms with Crippen LogP contribution in [-0.4, -0.2) is 48.4 Å². The molecule has 0 aromatic heterocycles. The molecule has 0 N–H and O–H groups in total. The number of hydrogen-bond acceptors (Lipinski definition) is 4. The highest BCUT2D eigenvalue weighted by molar-refractivity contribution is 9.09. The van der Waals surface area contributed by atoms with Gasteiger partial charge in [-0.25, -0.2) is 4.79 Å². The van der Waals surface area contributed by atoms with Crippen LogP contribution in [0.3, 0.4) is 0 Å². The van der Waals surface area contributed by atoms with E-state index in [1.54, 1.807) is 4.90 Å². The van der Waals surface area contributed by atoms with Gasteiger partial charge < -0.3 is 19.1 Å². The number of rotatable bonds is 4. The number of amides is 1. The number of alkyl halides is 1. The molecule has 5 nitrogen and oxygen atoms in total. The van der Waals surface area contributed by atoms with Crippen molar-refractivity contribution in [3.63, 3.8) is 0 Å². The van der Waals surface area contributed by atoms with Crippen LogP contribution in [0.2, 0.25) is 0 Å². The molecule has 0 spiro atoms. The summed E-state index contributed by atoms with van der Waals surface area (Å²) in [5.41, 5.74) is 1.00. The second kappa shape index (κ2) is 8.13. The van der Waals surface area contributed by atoms with Gasteiger partial charge in [0.25, 0.3) is 0 Å². The molecule has 3 rings (SSSR count). The second-order valence-electron chi connectivity index (χ2n) is 5.98. The lowest BCUT2D eigenvalue weighted by Gasteiger charge is -2.33.